The van der Waals surface area contributed by atoms with Gasteiger partial charge in [0.15, 0.2) is 11.8 Å². The molecule has 0 bridgehead atoms. The maximum Gasteiger partial charge on any atom is 0.223 e. The van der Waals surface area contributed by atoms with E-state index in [1.165, 1.54) is 6.42 Å². The summed E-state index contributed by atoms with van der Waals surface area (Å²) in [6.45, 7) is 6.12. The minimum atomic E-state index is 0. The van der Waals surface area contributed by atoms with Crippen LogP contribution in [0.4, 0.5) is 0 Å². The Bertz CT molecular complexity index is 499. The van der Waals surface area contributed by atoms with Crippen LogP contribution in [-0.2, 0) is 11.3 Å². The van der Waals surface area contributed by atoms with Crippen LogP contribution in [0.3, 0.4) is 0 Å². The van der Waals surface area contributed by atoms with Crippen LogP contribution in [0.25, 0.3) is 0 Å². The largest absolute Gasteiger partial charge is 0.381 e. The third kappa shape index (κ3) is 3.65. The number of aryl methyl sites for hydroxylation is 1. The SMILES string of the molecule is CN=C(NCc1noc(C)n1)N1CCC2(CCOC2)C1.I. The van der Waals surface area contributed by atoms with Gasteiger partial charge in [-0.3, -0.25) is 4.99 Å². The molecule has 118 valence electrons. The molecule has 0 aromatic carbocycles. The quantitative estimate of drug-likeness (QED) is 0.451. The number of nitrogens with one attached hydrogen (secondary N) is 1. The summed E-state index contributed by atoms with van der Waals surface area (Å²) < 4.78 is 10.5. The van der Waals surface area contributed by atoms with Crippen LogP contribution in [0.15, 0.2) is 9.52 Å². The van der Waals surface area contributed by atoms with Gasteiger partial charge in [0.2, 0.25) is 5.89 Å². The highest BCUT2D eigenvalue weighted by molar-refractivity contribution is 14.0. The van der Waals surface area contributed by atoms with Gasteiger partial charge in [0.1, 0.15) is 0 Å². The molecule has 21 heavy (non-hydrogen) atoms. The van der Waals surface area contributed by atoms with E-state index in [0.29, 0.717) is 23.7 Å². The Balaban J connectivity index is 0.00000161. The van der Waals surface area contributed by atoms with E-state index in [1.54, 1.807) is 14.0 Å². The lowest BCUT2D eigenvalue weighted by molar-refractivity contribution is 0.156. The molecule has 3 rings (SSSR count). The van der Waals surface area contributed by atoms with Crippen molar-refractivity contribution in [3.8, 4) is 0 Å². The topological polar surface area (TPSA) is 75.8 Å². The highest BCUT2D eigenvalue weighted by Crippen LogP contribution is 2.38. The van der Waals surface area contributed by atoms with E-state index in [9.17, 15) is 0 Å². The Morgan fingerprint density at radius 2 is 2.33 bits per heavy atom. The van der Waals surface area contributed by atoms with Gasteiger partial charge in [0.05, 0.1) is 13.2 Å². The van der Waals surface area contributed by atoms with Gasteiger partial charge in [-0.2, -0.15) is 4.98 Å². The second-order valence-electron chi connectivity index (χ2n) is 5.60. The van der Waals surface area contributed by atoms with Crippen LogP contribution in [0.2, 0.25) is 0 Å². The number of aliphatic imine (C=N–C) groups is 1. The molecule has 0 aliphatic carbocycles. The lowest BCUT2D eigenvalue weighted by atomic mass is 9.87. The first kappa shape index (κ1) is 16.5. The maximum atomic E-state index is 5.56. The highest BCUT2D eigenvalue weighted by atomic mass is 127. The molecule has 2 saturated heterocycles. The molecule has 1 N–H and O–H groups in total. The molecule has 2 fully saturated rings. The van der Waals surface area contributed by atoms with Crippen LogP contribution in [0.1, 0.15) is 24.6 Å². The van der Waals surface area contributed by atoms with Crippen molar-refractivity contribution in [3.63, 3.8) is 0 Å². The number of aromatic nitrogens is 2. The summed E-state index contributed by atoms with van der Waals surface area (Å²) in [7, 11) is 1.81. The minimum absolute atomic E-state index is 0. The third-order valence-electron chi connectivity index (χ3n) is 4.11. The average Bonchev–Trinajstić information content (AvgIpc) is 3.15. The van der Waals surface area contributed by atoms with Gasteiger partial charge in [0.25, 0.3) is 0 Å². The first-order valence-electron chi connectivity index (χ1n) is 7.03. The van der Waals surface area contributed by atoms with E-state index < -0.39 is 0 Å². The van der Waals surface area contributed by atoms with Gasteiger partial charge < -0.3 is 19.5 Å². The lowest BCUT2D eigenvalue weighted by Gasteiger charge is -2.24. The summed E-state index contributed by atoms with van der Waals surface area (Å²) >= 11 is 0. The smallest absolute Gasteiger partial charge is 0.223 e. The second kappa shape index (κ2) is 6.91. The molecule has 1 spiro atoms. The van der Waals surface area contributed by atoms with Crippen LogP contribution in [0.5, 0.6) is 0 Å². The Hall–Kier alpha value is -0.900. The van der Waals surface area contributed by atoms with Crippen LogP contribution < -0.4 is 5.32 Å². The van der Waals surface area contributed by atoms with E-state index in [4.69, 9.17) is 9.26 Å². The molecule has 1 atom stereocenters. The molecular weight excluding hydrogens is 385 g/mol. The molecule has 0 amide bonds. The first-order chi connectivity index (χ1) is 9.71. The Kier molecular flexibility index (Phi) is 5.42. The van der Waals surface area contributed by atoms with E-state index in [2.05, 4.69) is 25.3 Å². The second-order valence-corrected chi connectivity index (χ2v) is 5.60. The summed E-state index contributed by atoms with van der Waals surface area (Å²) in [4.78, 5) is 10.8. The van der Waals surface area contributed by atoms with Crippen molar-refractivity contribution in [1.82, 2.24) is 20.4 Å². The van der Waals surface area contributed by atoms with Gasteiger partial charge in [0, 0.05) is 39.1 Å². The predicted molar refractivity (Wildman–Crippen MR) is 88.7 cm³/mol. The number of nitrogens with zero attached hydrogens (tertiary/aromatic N) is 4. The fourth-order valence-corrected chi connectivity index (χ4v) is 2.99. The van der Waals surface area contributed by atoms with Gasteiger partial charge in [-0.15, -0.1) is 24.0 Å². The molecule has 0 saturated carbocycles. The van der Waals surface area contributed by atoms with Gasteiger partial charge >= 0.3 is 0 Å². The molecule has 1 unspecified atom stereocenters. The van der Waals surface area contributed by atoms with Crippen molar-refractivity contribution >= 4 is 29.9 Å². The summed E-state index contributed by atoms with van der Waals surface area (Å²) in [5, 5.41) is 7.17. The van der Waals surface area contributed by atoms with E-state index in [0.717, 1.165) is 38.7 Å². The molecule has 8 heteroatoms. The molecule has 1 aromatic heterocycles. The number of halogens is 1. The number of ether oxygens (including phenoxy) is 1. The third-order valence-corrected chi connectivity index (χ3v) is 4.11. The van der Waals surface area contributed by atoms with E-state index >= 15 is 0 Å². The molecule has 7 nitrogen and oxygen atoms in total. The van der Waals surface area contributed by atoms with Crippen molar-refractivity contribution in [2.75, 3.05) is 33.4 Å². The van der Waals surface area contributed by atoms with Crippen molar-refractivity contribution in [1.29, 1.82) is 0 Å². The molecular formula is C13H22IN5O2. The number of hydrogen-bond donors (Lipinski definition) is 1. The van der Waals surface area contributed by atoms with Crippen molar-refractivity contribution < 1.29 is 9.26 Å². The maximum absolute atomic E-state index is 5.56. The fraction of sp³-hybridized carbons (Fsp3) is 0.769. The Labute approximate surface area is 141 Å². The fourth-order valence-electron chi connectivity index (χ4n) is 2.99. The van der Waals surface area contributed by atoms with Gasteiger partial charge in [-0.05, 0) is 12.8 Å². The van der Waals surface area contributed by atoms with Crippen molar-refractivity contribution in [2.45, 2.75) is 26.3 Å². The predicted octanol–water partition coefficient (Wildman–Crippen LogP) is 1.18. The standard InChI is InChI=1S/C13H21N5O2.HI/c1-10-16-11(17-20-10)7-15-12(14-2)18-5-3-13(8-18)4-6-19-9-13;/h3-9H2,1-2H3,(H,14,15);1H. The molecule has 2 aliphatic rings. The number of rotatable bonds is 2. The van der Waals surface area contributed by atoms with Crippen molar-refractivity contribution in [3.05, 3.63) is 11.7 Å². The zero-order valence-electron chi connectivity index (χ0n) is 12.5. The highest BCUT2D eigenvalue weighted by Gasteiger charge is 2.42. The zero-order chi connectivity index (χ0) is 14.0. The van der Waals surface area contributed by atoms with Crippen LogP contribution in [0, 0.1) is 12.3 Å². The molecule has 2 aliphatic heterocycles. The normalized spacial score (nSPS) is 25.4. The zero-order valence-corrected chi connectivity index (χ0v) is 14.8. The number of hydrogen-bond acceptors (Lipinski definition) is 5. The summed E-state index contributed by atoms with van der Waals surface area (Å²) in [6, 6.07) is 0. The van der Waals surface area contributed by atoms with Crippen LogP contribution >= 0.6 is 24.0 Å². The Morgan fingerprint density at radius 1 is 1.48 bits per heavy atom. The first-order valence-corrected chi connectivity index (χ1v) is 7.03. The molecule has 1 aromatic rings. The molecule has 0 radical (unpaired) electrons. The van der Waals surface area contributed by atoms with Gasteiger partial charge in [-0.25, -0.2) is 0 Å². The van der Waals surface area contributed by atoms with E-state index in [1.807, 2.05) is 0 Å². The molecule has 3 heterocycles. The monoisotopic (exact) mass is 407 g/mol. The Morgan fingerprint density at radius 3 is 2.95 bits per heavy atom. The van der Waals surface area contributed by atoms with Crippen molar-refractivity contribution in [2.24, 2.45) is 10.4 Å². The number of guanidine groups is 1. The van der Waals surface area contributed by atoms with E-state index in [-0.39, 0.29) is 24.0 Å². The summed E-state index contributed by atoms with van der Waals surface area (Å²) in [5.74, 6) is 2.14. The lowest BCUT2D eigenvalue weighted by Crippen LogP contribution is -2.41. The average molecular weight is 407 g/mol. The summed E-state index contributed by atoms with van der Waals surface area (Å²) in [5.41, 5.74) is 0.334. The van der Waals surface area contributed by atoms with Crippen LogP contribution in [-0.4, -0.2) is 54.4 Å². The minimum Gasteiger partial charge on any atom is -0.381 e. The number of likely N-dealkylation sites (tertiary alicyclic amines) is 1. The summed E-state index contributed by atoms with van der Waals surface area (Å²) in [6.07, 6.45) is 2.33. The van der Waals surface area contributed by atoms with Gasteiger partial charge in [-0.1, -0.05) is 5.16 Å².